The van der Waals surface area contributed by atoms with Crippen LogP contribution in [-0.2, 0) is 36.9 Å². The van der Waals surface area contributed by atoms with E-state index in [9.17, 15) is 4.79 Å². The maximum atomic E-state index is 10.3. The molecule has 0 aliphatic rings. The maximum absolute atomic E-state index is 10.3. The van der Waals surface area contributed by atoms with E-state index in [4.69, 9.17) is 6.58 Å². The minimum atomic E-state index is -0.123. The average molecular weight is 640 g/mol. The Labute approximate surface area is 233 Å². The summed E-state index contributed by atoms with van der Waals surface area (Å²) in [5, 5.41) is 0. The smallest absolute Gasteiger partial charge is 0.795 e. The number of rotatable bonds is 16. The number of hydrogen-bond donors (Lipinski definition) is 0. The van der Waals surface area contributed by atoms with Crippen LogP contribution in [0, 0.1) is 6.58 Å². The SMILES string of the molecule is CCP(CC)CCP(CC)CC.CCP(CC)CCP(CC)CC.[CH-]=C/C=C(\[S-])C(C)=O.[Ru+2]. The van der Waals surface area contributed by atoms with Crippen LogP contribution in [0.5, 0.6) is 0 Å². The molecule has 0 atom stereocenters. The second-order valence-corrected chi connectivity index (χ2v) is 20.0. The van der Waals surface area contributed by atoms with Crippen LogP contribution >= 0.6 is 31.7 Å². The van der Waals surface area contributed by atoms with Crippen molar-refractivity contribution < 1.29 is 24.3 Å². The Hall–Kier alpha value is 1.71. The van der Waals surface area contributed by atoms with Crippen molar-refractivity contribution in [1.82, 2.24) is 0 Å². The Balaban J connectivity index is -0.000000193. The number of allylic oxidation sites excluding steroid dienone is 3. The molecular weight excluding hydrogens is 585 g/mol. The molecule has 0 aromatic heterocycles. The van der Waals surface area contributed by atoms with Gasteiger partial charge < -0.3 is 12.6 Å². The number of Topliss-reactive ketones (excluding diaryl/α,β-unsaturated/α-hetero) is 1. The van der Waals surface area contributed by atoms with E-state index in [-0.39, 0.29) is 30.2 Å². The van der Waals surface area contributed by atoms with Crippen LogP contribution in [0.2, 0.25) is 0 Å². The van der Waals surface area contributed by atoms with Gasteiger partial charge in [-0.2, -0.15) is 0 Å². The summed E-state index contributed by atoms with van der Waals surface area (Å²) in [5.41, 5.74) is 0. The van der Waals surface area contributed by atoms with Crippen molar-refractivity contribution in [3.8, 4) is 0 Å². The topological polar surface area (TPSA) is 17.1 Å². The van der Waals surface area contributed by atoms with Crippen molar-refractivity contribution in [2.45, 2.75) is 62.3 Å². The molecule has 0 saturated carbocycles. The van der Waals surface area contributed by atoms with Crippen molar-refractivity contribution in [2.24, 2.45) is 0 Å². The van der Waals surface area contributed by atoms with Gasteiger partial charge in [-0.3, -0.25) is 11.4 Å². The molecule has 7 heteroatoms. The van der Waals surface area contributed by atoms with Crippen molar-refractivity contribution in [1.29, 1.82) is 0 Å². The summed E-state index contributed by atoms with van der Waals surface area (Å²) in [6, 6.07) is 0. The van der Waals surface area contributed by atoms with Gasteiger partial charge in [0.05, 0.1) is 0 Å². The summed E-state index contributed by atoms with van der Waals surface area (Å²) in [7, 11) is 1.66. The fraction of sp³-hybridized carbons (Fsp3) is 0.808. The molecule has 0 aliphatic heterocycles. The van der Waals surface area contributed by atoms with E-state index >= 15 is 0 Å². The molecule has 0 radical (unpaired) electrons. The Kier molecular flexibility index (Phi) is 40.2. The third-order valence-corrected chi connectivity index (χ3v) is 17.3. The van der Waals surface area contributed by atoms with E-state index in [2.05, 4.69) is 68.0 Å². The van der Waals surface area contributed by atoms with E-state index in [1.54, 1.807) is 24.6 Å². The first kappa shape index (κ1) is 41.8. The van der Waals surface area contributed by atoms with E-state index < -0.39 is 0 Å². The summed E-state index contributed by atoms with van der Waals surface area (Å²) in [6.07, 6.45) is 20.4. The van der Waals surface area contributed by atoms with Gasteiger partial charge in [-0.15, -0.1) is 31.7 Å². The van der Waals surface area contributed by atoms with E-state index in [0.717, 1.165) is 0 Å². The van der Waals surface area contributed by atoms with Crippen LogP contribution < -0.4 is 0 Å². The molecule has 0 N–H and O–H groups in total. The Morgan fingerprint density at radius 2 is 0.848 bits per heavy atom. The molecule has 0 aromatic rings. The van der Waals surface area contributed by atoms with Crippen LogP contribution in [0.25, 0.3) is 0 Å². The third-order valence-electron chi connectivity index (χ3n) is 5.64. The molecule has 0 heterocycles. The second-order valence-electron chi connectivity index (χ2n) is 7.39. The molecule has 0 aliphatic carbocycles. The van der Waals surface area contributed by atoms with Gasteiger partial charge in [0.25, 0.3) is 0 Å². The summed E-state index contributed by atoms with van der Waals surface area (Å²) >= 11 is 4.56. The van der Waals surface area contributed by atoms with Crippen LogP contribution in [0.15, 0.2) is 17.1 Å². The average Bonchev–Trinajstić information content (AvgIpc) is 2.81. The summed E-state index contributed by atoms with van der Waals surface area (Å²) in [6.45, 7) is 25.2. The first-order valence-corrected chi connectivity index (χ1v) is 20.6. The van der Waals surface area contributed by atoms with Gasteiger partial charge in [0.2, 0.25) is 0 Å². The maximum Gasteiger partial charge on any atom is 2.00 e. The second kappa shape index (κ2) is 31.7. The Morgan fingerprint density at radius 3 is 0.939 bits per heavy atom. The van der Waals surface area contributed by atoms with Crippen LogP contribution in [0.3, 0.4) is 0 Å². The molecule has 0 fully saturated rings. The van der Waals surface area contributed by atoms with Gasteiger partial charge in [0, 0.05) is 0 Å². The zero-order valence-corrected chi connectivity index (χ0v) is 29.3. The standard InChI is InChI=1S/2C10H24P2.C6H7OS.Ru/c2*1-5-11(6-2)9-10-12(7-3)8-4;1-3-4-6(8)5(2)7;/h2*5-10H2,1-4H3;1,3-4,8H,2H3;/q;;-1;+2/p-1/b;;6-4-;. The Bertz CT molecular complexity index is 400. The molecular formula is C26H54OP4RuS. The number of ketones is 1. The number of carbonyl (C=O) groups excluding carboxylic acids is 1. The zero-order valence-electron chi connectivity index (χ0n) is 23.2. The minimum absolute atomic E-state index is 0. The first-order valence-electron chi connectivity index (χ1n) is 12.6. The summed E-state index contributed by atoms with van der Waals surface area (Å²) in [5.74, 6) is -0.123. The van der Waals surface area contributed by atoms with E-state index in [1.165, 1.54) is 68.4 Å². The van der Waals surface area contributed by atoms with Gasteiger partial charge in [-0.1, -0.05) is 55.4 Å². The summed E-state index contributed by atoms with van der Waals surface area (Å²) in [4.78, 5) is 10.6. The van der Waals surface area contributed by atoms with Crippen molar-refractivity contribution >= 4 is 50.1 Å². The molecule has 0 spiro atoms. The first-order chi connectivity index (χ1) is 15.2. The van der Waals surface area contributed by atoms with Crippen molar-refractivity contribution in [3.05, 3.63) is 23.6 Å². The third kappa shape index (κ3) is 28.1. The Morgan fingerprint density at radius 1 is 0.636 bits per heavy atom. The van der Waals surface area contributed by atoms with Gasteiger partial charge in [-0.25, -0.2) is 17.1 Å². The zero-order chi connectivity index (χ0) is 25.4. The molecule has 0 unspecified atom stereocenters. The number of carbonyl (C=O) groups is 1. The summed E-state index contributed by atoms with van der Waals surface area (Å²) < 4.78 is 0. The van der Waals surface area contributed by atoms with Crippen LogP contribution in [0.1, 0.15) is 62.3 Å². The fourth-order valence-corrected chi connectivity index (χ4v) is 11.9. The molecule has 0 aromatic carbocycles. The van der Waals surface area contributed by atoms with E-state index in [0.29, 0.717) is 31.7 Å². The molecule has 0 saturated heterocycles. The van der Waals surface area contributed by atoms with Gasteiger partial charge >= 0.3 is 19.5 Å². The van der Waals surface area contributed by atoms with Gasteiger partial charge in [0.1, 0.15) is 5.78 Å². The fourth-order valence-electron chi connectivity index (χ4n) is 2.93. The monoisotopic (exact) mass is 640 g/mol. The van der Waals surface area contributed by atoms with Gasteiger partial charge in [0.15, 0.2) is 0 Å². The molecule has 33 heavy (non-hydrogen) atoms. The molecule has 0 amide bonds. The quantitative estimate of drug-likeness (QED) is 0.0419. The van der Waals surface area contributed by atoms with Gasteiger partial charge in [-0.05, 0) is 80.9 Å². The predicted molar refractivity (Wildman–Crippen MR) is 166 cm³/mol. The van der Waals surface area contributed by atoms with Crippen LogP contribution in [0.4, 0.5) is 0 Å². The normalized spacial score (nSPS) is 11.0. The van der Waals surface area contributed by atoms with E-state index in [1.807, 2.05) is 0 Å². The largest absolute Gasteiger partial charge is 2.00 e. The molecule has 198 valence electrons. The predicted octanol–water partition coefficient (Wildman–Crippen LogP) is 9.05. The van der Waals surface area contributed by atoms with Crippen LogP contribution in [-0.4, -0.2) is 79.7 Å². The molecule has 0 bridgehead atoms. The molecule has 0 rings (SSSR count). The van der Waals surface area contributed by atoms with Crippen molar-refractivity contribution in [3.63, 3.8) is 0 Å². The molecule has 1 nitrogen and oxygen atoms in total. The van der Waals surface area contributed by atoms with Crippen molar-refractivity contribution in [2.75, 3.05) is 73.9 Å². The minimum Gasteiger partial charge on any atom is -0.795 e. The number of hydrogen-bond acceptors (Lipinski definition) is 2.